The van der Waals surface area contributed by atoms with Crippen LogP contribution >= 0.6 is 0 Å². The Balaban J connectivity index is 1.88. The lowest BCUT2D eigenvalue weighted by Crippen LogP contribution is -2.37. The fourth-order valence-corrected chi connectivity index (χ4v) is 4.49. The van der Waals surface area contributed by atoms with Gasteiger partial charge < -0.3 is 4.90 Å². The minimum atomic E-state index is -4.01. The average molecular weight is 394 g/mol. The summed E-state index contributed by atoms with van der Waals surface area (Å²) in [7, 11) is -4.01. The molecule has 0 spiro atoms. The Labute approximate surface area is 164 Å². The second kappa shape index (κ2) is 7.20. The van der Waals surface area contributed by atoms with E-state index in [4.69, 9.17) is 0 Å². The SMILES string of the molecule is CC1Cc2ccccc2N1/C(=N\S(=O)(=O)c1ccc(F)cc1)c1ccccc1. The molecule has 0 aromatic heterocycles. The maximum atomic E-state index is 13.2. The van der Waals surface area contributed by atoms with Gasteiger partial charge in [-0.2, -0.15) is 8.42 Å². The summed E-state index contributed by atoms with van der Waals surface area (Å²) in [6.07, 6.45) is 0.804. The standard InChI is InChI=1S/C22H19FN2O2S/c1-16-15-18-9-5-6-10-21(18)25(16)22(17-7-3-2-4-8-17)24-28(26,27)20-13-11-19(23)12-14-20/h2-14,16H,15H2,1H3/b24-22-. The molecule has 0 bridgehead atoms. The van der Waals surface area contributed by atoms with E-state index in [0.717, 1.165) is 29.8 Å². The molecule has 4 rings (SSSR count). The van der Waals surface area contributed by atoms with E-state index in [-0.39, 0.29) is 10.9 Å². The summed E-state index contributed by atoms with van der Waals surface area (Å²) in [5.41, 5.74) is 2.81. The van der Waals surface area contributed by atoms with E-state index in [2.05, 4.69) is 4.40 Å². The largest absolute Gasteiger partial charge is 0.322 e. The number of hydrogen-bond acceptors (Lipinski definition) is 2. The van der Waals surface area contributed by atoms with Crippen LogP contribution in [-0.4, -0.2) is 20.3 Å². The molecule has 1 unspecified atom stereocenters. The maximum Gasteiger partial charge on any atom is 0.284 e. The molecule has 0 fully saturated rings. The molecule has 4 nitrogen and oxygen atoms in total. The van der Waals surface area contributed by atoms with Crippen LogP contribution in [0.5, 0.6) is 0 Å². The van der Waals surface area contributed by atoms with Crippen molar-refractivity contribution in [1.29, 1.82) is 0 Å². The summed E-state index contributed by atoms with van der Waals surface area (Å²) in [6.45, 7) is 2.04. The van der Waals surface area contributed by atoms with E-state index < -0.39 is 15.8 Å². The number of nitrogens with zero attached hydrogens (tertiary/aromatic N) is 2. The summed E-state index contributed by atoms with van der Waals surface area (Å²) >= 11 is 0. The lowest BCUT2D eigenvalue weighted by atomic mass is 10.1. The molecular weight excluding hydrogens is 375 g/mol. The molecular formula is C22H19FN2O2S. The molecule has 1 aliphatic heterocycles. The van der Waals surface area contributed by atoms with Crippen molar-refractivity contribution in [2.45, 2.75) is 24.3 Å². The Morgan fingerprint density at radius 3 is 2.32 bits per heavy atom. The number of para-hydroxylation sites is 1. The third kappa shape index (κ3) is 3.43. The fourth-order valence-electron chi connectivity index (χ4n) is 3.48. The first-order valence-electron chi connectivity index (χ1n) is 8.99. The minimum absolute atomic E-state index is 0.0394. The molecule has 0 radical (unpaired) electrons. The number of anilines is 1. The molecule has 0 amide bonds. The molecule has 1 heterocycles. The molecule has 28 heavy (non-hydrogen) atoms. The van der Waals surface area contributed by atoms with Crippen molar-refractivity contribution in [3.63, 3.8) is 0 Å². The van der Waals surface area contributed by atoms with Crippen molar-refractivity contribution in [3.05, 3.63) is 95.8 Å². The van der Waals surface area contributed by atoms with Gasteiger partial charge >= 0.3 is 0 Å². The van der Waals surface area contributed by atoms with Crippen LogP contribution in [0.2, 0.25) is 0 Å². The molecule has 1 atom stereocenters. The normalized spacial score (nSPS) is 16.9. The molecule has 0 saturated heterocycles. The van der Waals surface area contributed by atoms with Crippen molar-refractivity contribution in [2.75, 3.05) is 4.90 Å². The quantitative estimate of drug-likeness (QED) is 0.488. The Hall–Kier alpha value is -2.99. The molecule has 0 saturated carbocycles. The van der Waals surface area contributed by atoms with Crippen molar-refractivity contribution in [2.24, 2.45) is 4.40 Å². The Bertz CT molecular complexity index is 1130. The predicted molar refractivity (Wildman–Crippen MR) is 109 cm³/mol. The molecule has 1 aliphatic rings. The van der Waals surface area contributed by atoms with Gasteiger partial charge in [0.2, 0.25) is 0 Å². The highest BCUT2D eigenvalue weighted by Crippen LogP contribution is 2.34. The lowest BCUT2D eigenvalue weighted by Gasteiger charge is -2.26. The van der Waals surface area contributed by atoms with Gasteiger partial charge in [-0.25, -0.2) is 4.39 Å². The Morgan fingerprint density at radius 2 is 1.61 bits per heavy atom. The molecule has 3 aromatic carbocycles. The van der Waals surface area contributed by atoms with Crippen LogP contribution in [0.3, 0.4) is 0 Å². The smallest absolute Gasteiger partial charge is 0.284 e. The van der Waals surface area contributed by atoms with Gasteiger partial charge in [-0.1, -0.05) is 48.5 Å². The summed E-state index contributed by atoms with van der Waals surface area (Å²) < 4.78 is 43.4. The van der Waals surface area contributed by atoms with Crippen LogP contribution in [0.25, 0.3) is 0 Å². The number of fused-ring (bicyclic) bond motifs is 1. The van der Waals surface area contributed by atoms with Crippen LogP contribution in [0.4, 0.5) is 10.1 Å². The first-order valence-corrected chi connectivity index (χ1v) is 10.4. The molecule has 0 aliphatic carbocycles. The molecule has 0 N–H and O–H groups in total. The van der Waals surface area contributed by atoms with E-state index in [1.807, 2.05) is 66.4 Å². The van der Waals surface area contributed by atoms with Crippen LogP contribution in [0, 0.1) is 5.82 Å². The van der Waals surface area contributed by atoms with Gasteiger partial charge in [0.25, 0.3) is 10.0 Å². The zero-order valence-corrected chi connectivity index (χ0v) is 16.1. The third-order valence-corrected chi connectivity index (χ3v) is 6.07. The Morgan fingerprint density at radius 1 is 0.964 bits per heavy atom. The van der Waals surface area contributed by atoms with Crippen molar-refractivity contribution < 1.29 is 12.8 Å². The minimum Gasteiger partial charge on any atom is -0.322 e. The number of sulfonamides is 1. The number of halogens is 1. The van der Waals surface area contributed by atoms with Crippen molar-refractivity contribution in [1.82, 2.24) is 0 Å². The molecule has 6 heteroatoms. The number of rotatable bonds is 3. The first-order chi connectivity index (χ1) is 13.5. The first kappa shape index (κ1) is 18.4. The zero-order chi connectivity index (χ0) is 19.7. The van der Waals surface area contributed by atoms with Gasteiger partial charge in [0.1, 0.15) is 5.82 Å². The van der Waals surface area contributed by atoms with E-state index >= 15 is 0 Å². The molecule has 3 aromatic rings. The van der Waals surface area contributed by atoms with Gasteiger partial charge in [-0.3, -0.25) is 0 Å². The number of amidine groups is 1. The van der Waals surface area contributed by atoms with Crippen LogP contribution in [0.1, 0.15) is 18.1 Å². The van der Waals surface area contributed by atoms with Gasteiger partial charge in [0, 0.05) is 17.3 Å². The highest BCUT2D eigenvalue weighted by molar-refractivity contribution is 7.90. The fraction of sp³-hybridized carbons (Fsp3) is 0.136. The van der Waals surface area contributed by atoms with E-state index in [1.54, 1.807) is 0 Å². The summed E-state index contributed by atoms with van der Waals surface area (Å²) in [6, 6.07) is 21.9. The van der Waals surface area contributed by atoms with Gasteiger partial charge in [-0.05, 0) is 49.2 Å². The van der Waals surface area contributed by atoms with Gasteiger partial charge in [0.15, 0.2) is 5.84 Å². The van der Waals surface area contributed by atoms with E-state index in [9.17, 15) is 12.8 Å². The van der Waals surface area contributed by atoms with Crippen molar-refractivity contribution in [3.8, 4) is 0 Å². The predicted octanol–water partition coefficient (Wildman–Crippen LogP) is 4.41. The van der Waals surface area contributed by atoms with E-state index in [1.165, 1.54) is 12.1 Å². The summed E-state index contributed by atoms with van der Waals surface area (Å²) in [5, 5.41) is 0. The average Bonchev–Trinajstić information content (AvgIpc) is 3.03. The van der Waals surface area contributed by atoms with Gasteiger partial charge in [-0.15, -0.1) is 4.40 Å². The second-order valence-corrected chi connectivity index (χ2v) is 8.37. The highest BCUT2D eigenvalue weighted by atomic mass is 32.2. The van der Waals surface area contributed by atoms with Crippen LogP contribution in [0.15, 0.2) is 88.2 Å². The summed E-state index contributed by atoms with van der Waals surface area (Å²) in [5.74, 6) is -0.129. The Kier molecular flexibility index (Phi) is 4.73. The lowest BCUT2D eigenvalue weighted by molar-refractivity contribution is 0.596. The summed E-state index contributed by atoms with van der Waals surface area (Å²) in [4.78, 5) is 1.92. The van der Waals surface area contributed by atoms with E-state index in [0.29, 0.717) is 11.4 Å². The second-order valence-electron chi connectivity index (χ2n) is 6.76. The monoisotopic (exact) mass is 394 g/mol. The third-order valence-electron chi connectivity index (χ3n) is 4.79. The highest BCUT2D eigenvalue weighted by Gasteiger charge is 2.31. The van der Waals surface area contributed by atoms with Crippen LogP contribution < -0.4 is 4.90 Å². The van der Waals surface area contributed by atoms with Gasteiger partial charge in [0.05, 0.1) is 4.90 Å². The number of benzene rings is 3. The van der Waals surface area contributed by atoms with Crippen molar-refractivity contribution >= 4 is 21.5 Å². The molecule has 142 valence electrons. The maximum absolute atomic E-state index is 13.2. The van der Waals surface area contributed by atoms with Crippen LogP contribution in [-0.2, 0) is 16.4 Å². The zero-order valence-electron chi connectivity index (χ0n) is 15.3. The number of hydrogen-bond donors (Lipinski definition) is 0. The topological polar surface area (TPSA) is 49.7 Å².